The van der Waals surface area contributed by atoms with E-state index in [9.17, 15) is 9.59 Å². The molecule has 5 nitrogen and oxygen atoms in total. The number of rotatable bonds is 4. The maximum atomic E-state index is 12.4. The number of anilines is 2. The molecule has 1 saturated heterocycles. The molecule has 1 fully saturated rings. The van der Waals surface area contributed by atoms with Crippen LogP contribution in [0.3, 0.4) is 0 Å². The number of carbonyl (C=O) groups excluding carboxylic acids is 2. The molecule has 134 valence electrons. The minimum absolute atomic E-state index is 0.0342. The summed E-state index contributed by atoms with van der Waals surface area (Å²) in [4.78, 5) is 26.8. The summed E-state index contributed by atoms with van der Waals surface area (Å²) >= 11 is 0. The second-order valence-electron chi connectivity index (χ2n) is 7.06. The molecule has 2 aliphatic rings. The van der Waals surface area contributed by atoms with Gasteiger partial charge in [-0.15, -0.1) is 0 Å². The molecule has 2 amide bonds. The van der Waals surface area contributed by atoms with Crippen LogP contribution >= 0.6 is 0 Å². The second-order valence-corrected chi connectivity index (χ2v) is 7.06. The molecule has 2 N–H and O–H groups in total. The molecule has 0 bridgehead atoms. The molecule has 2 aromatic carbocycles. The van der Waals surface area contributed by atoms with Gasteiger partial charge in [0.05, 0.1) is 11.4 Å². The van der Waals surface area contributed by atoms with Crippen molar-refractivity contribution in [3.63, 3.8) is 0 Å². The molecular formula is C21H23N3O2. The van der Waals surface area contributed by atoms with Crippen molar-refractivity contribution in [1.82, 2.24) is 5.32 Å². The van der Waals surface area contributed by atoms with Crippen LogP contribution in [0.1, 0.15) is 34.3 Å². The fraction of sp³-hybridized carbons (Fsp3) is 0.333. The minimum atomic E-state index is -0.113. The Balaban J connectivity index is 1.41. The lowest BCUT2D eigenvalue weighted by atomic mass is 10.1. The first-order valence-corrected chi connectivity index (χ1v) is 9.17. The van der Waals surface area contributed by atoms with E-state index >= 15 is 0 Å². The number of hydrogen-bond donors (Lipinski definition) is 2. The Morgan fingerprint density at radius 1 is 1.23 bits per heavy atom. The van der Waals surface area contributed by atoms with Crippen molar-refractivity contribution in [3.8, 4) is 0 Å². The summed E-state index contributed by atoms with van der Waals surface area (Å²) in [6.45, 7) is 3.54. The van der Waals surface area contributed by atoms with Gasteiger partial charge in [0, 0.05) is 18.7 Å². The molecule has 0 saturated carbocycles. The molecule has 26 heavy (non-hydrogen) atoms. The van der Waals surface area contributed by atoms with E-state index in [1.165, 1.54) is 11.1 Å². The zero-order chi connectivity index (χ0) is 18.1. The smallest absolute Gasteiger partial charge is 0.251 e. The molecular weight excluding hydrogens is 326 g/mol. The summed E-state index contributed by atoms with van der Waals surface area (Å²) in [5.74, 6) is -0.0790. The van der Waals surface area contributed by atoms with Gasteiger partial charge in [0.2, 0.25) is 5.91 Å². The molecule has 1 unspecified atom stereocenters. The van der Waals surface area contributed by atoms with E-state index < -0.39 is 0 Å². The molecule has 0 aromatic heterocycles. The Bertz CT molecular complexity index is 845. The molecule has 0 aliphatic carbocycles. The van der Waals surface area contributed by atoms with Crippen LogP contribution in [-0.2, 0) is 11.2 Å². The lowest BCUT2D eigenvalue weighted by Gasteiger charge is -2.33. The Hall–Kier alpha value is -2.82. The summed E-state index contributed by atoms with van der Waals surface area (Å²) in [7, 11) is 0. The monoisotopic (exact) mass is 349 g/mol. The lowest BCUT2D eigenvalue weighted by molar-refractivity contribution is -0.117. The number of nitrogens with one attached hydrogen (secondary N) is 2. The fourth-order valence-corrected chi connectivity index (χ4v) is 3.75. The lowest BCUT2D eigenvalue weighted by Crippen LogP contribution is -2.44. The van der Waals surface area contributed by atoms with E-state index in [2.05, 4.69) is 46.7 Å². The minimum Gasteiger partial charge on any atom is -0.358 e. The van der Waals surface area contributed by atoms with Gasteiger partial charge >= 0.3 is 0 Å². The Labute approximate surface area is 153 Å². The Morgan fingerprint density at radius 3 is 2.85 bits per heavy atom. The number of hydrogen-bond acceptors (Lipinski definition) is 3. The topological polar surface area (TPSA) is 61.4 Å². The van der Waals surface area contributed by atoms with Crippen LogP contribution in [0.15, 0.2) is 42.5 Å². The molecule has 2 heterocycles. The Kier molecular flexibility index (Phi) is 4.37. The standard InChI is InChI=1S/C21H23N3O2/c1-14-4-6-15(7-5-14)10-11-22-20(25)16-8-9-18-17(13-16)23-21(26)19-3-2-12-24(18)19/h4-9,13,19H,2-3,10-12H2,1H3,(H,22,25)(H,23,26). The Morgan fingerprint density at radius 2 is 2.04 bits per heavy atom. The first kappa shape index (κ1) is 16.6. The van der Waals surface area contributed by atoms with Crippen LogP contribution in [-0.4, -0.2) is 30.9 Å². The highest BCUT2D eigenvalue weighted by atomic mass is 16.2. The molecule has 2 aromatic rings. The van der Waals surface area contributed by atoms with Crippen LogP contribution in [0.2, 0.25) is 0 Å². The van der Waals surface area contributed by atoms with Gasteiger partial charge in [0.15, 0.2) is 0 Å². The highest BCUT2D eigenvalue weighted by molar-refractivity contribution is 6.06. The van der Waals surface area contributed by atoms with Gasteiger partial charge in [-0.25, -0.2) is 0 Å². The van der Waals surface area contributed by atoms with Gasteiger partial charge in [-0.05, 0) is 49.9 Å². The summed E-state index contributed by atoms with van der Waals surface area (Å²) in [6, 6.07) is 13.8. The van der Waals surface area contributed by atoms with Gasteiger partial charge in [-0.1, -0.05) is 29.8 Å². The van der Waals surface area contributed by atoms with E-state index in [0.717, 1.165) is 37.2 Å². The van der Waals surface area contributed by atoms with Crippen LogP contribution in [0.25, 0.3) is 0 Å². The summed E-state index contributed by atoms with van der Waals surface area (Å²) in [5, 5.41) is 5.91. The average Bonchev–Trinajstić information content (AvgIpc) is 3.13. The third-order valence-electron chi connectivity index (χ3n) is 5.20. The summed E-state index contributed by atoms with van der Waals surface area (Å²) < 4.78 is 0. The van der Waals surface area contributed by atoms with Gasteiger partial charge in [-0.2, -0.15) is 0 Å². The van der Waals surface area contributed by atoms with E-state index in [1.807, 2.05) is 12.1 Å². The van der Waals surface area contributed by atoms with Crippen molar-refractivity contribution < 1.29 is 9.59 Å². The predicted molar refractivity (Wildman–Crippen MR) is 103 cm³/mol. The number of nitrogens with zero attached hydrogens (tertiary/aromatic N) is 1. The highest BCUT2D eigenvalue weighted by Gasteiger charge is 2.36. The number of aryl methyl sites for hydroxylation is 1. The van der Waals surface area contributed by atoms with Crippen molar-refractivity contribution in [2.75, 3.05) is 23.3 Å². The number of fused-ring (bicyclic) bond motifs is 3. The largest absolute Gasteiger partial charge is 0.358 e. The normalized spacial score (nSPS) is 18.1. The zero-order valence-electron chi connectivity index (χ0n) is 14.9. The molecule has 2 aliphatic heterocycles. The van der Waals surface area contributed by atoms with Crippen molar-refractivity contribution >= 4 is 23.2 Å². The van der Waals surface area contributed by atoms with Crippen LogP contribution in [0.5, 0.6) is 0 Å². The first-order chi connectivity index (χ1) is 12.6. The van der Waals surface area contributed by atoms with E-state index in [0.29, 0.717) is 12.1 Å². The van der Waals surface area contributed by atoms with Crippen molar-refractivity contribution in [2.45, 2.75) is 32.2 Å². The van der Waals surface area contributed by atoms with Gasteiger partial charge in [0.1, 0.15) is 6.04 Å². The third kappa shape index (κ3) is 3.17. The molecule has 4 rings (SSSR count). The van der Waals surface area contributed by atoms with Crippen molar-refractivity contribution in [2.24, 2.45) is 0 Å². The van der Waals surface area contributed by atoms with E-state index in [-0.39, 0.29) is 17.9 Å². The zero-order valence-corrected chi connectivity index (χ0v) is 14.9. The summed E-state index contributed by atoms with van der Waals surface area (Å²) in [5.41, 5.74) is 4.76. The molecule has 0 spiro atoms. The second kappa shape index (κ2) is 6.83. The van der Waals surface area contributed by atoms with Gasteiger partial charge in [0.25, 0.3) is 5.91 Å². The first-order valence-electron chi connectivity index (χ1n) is 9.17. The molecule has 0 radical (unpaired) electrons. The van der Waals surface area contributed by atoms with Crippen LogP contribution in [0, 0.1) is 6.92 Å². The van der Waals surface area contributed by atoms with Crippen molar-refractivity contribution in [3.05, 3.63) is 59.2 Å². The highest BCUT2D eigenvalue weighted by Crippen LogP contribution is 2.37. The predicted octanol–water partition coefficient (Wildman–Crippen LogP) is 2.89. The third-order valence-corrected chi connectivity index (χ3v) is 5.20. The fourth-order valence-electron chi connectivity index (χ4n) is 3.75. The van der Waals surface area contributed by atoms with Crippen LogP contribution in [0.4, 0.5) is 11.4 Å². The van der Waals surface area contributed by atoms with Crippen LogP contribution < -0.4 is 15.5 Å². The summed E-state index contributed by atoms with van der Waals surface area (Å²) in [6.07, 6.45) is 2.72. The van der Waals surface area contributed by atoms with E-state index in [4.69, 9.17) is 0 Å². The van der Waals surface area contributed by atoms with Gasteiger partial charge in [-0.3, -0.25) is 9.59 Å². The SMILES string of the molecule is Cc1ccc(CCNC(=O)c2ccc3c(c2)NC(=O)C2CCCN32)cc1. The van der Waals surface area contributed by atoms with Gasteiger partial charge < -0.3 is 15.5 Å². The van der Waals surface area contributed by atoms with E-state index in [1.54, 1.807) is 6.07 Å². The van der Waals surface area contributed by atoms with Crippen molar-refractivity contribution in [1.29, 1.82) is 0 Å². The number of amides is 2. The number of carbonyl (C=O) groups is 2. The quantitative estimate of drug-likeness (QED) is 0.892. The molecule has 1 atom stereocenters. The molecule has 5 heteroatoms. The average molecular weight is 349 g/mol. The number of benzene rings is 2. The maximum Gasteiger partial charge on any atom is 0.251 e. The maximum absolute atomic E-state index is 12.4.